The molecule has 1 aromatic carbocycles. The molecule has 0 radical (unpaired) electrons. The zero-order valence-corrected chi connectivity index (χ0v) is 11.0. The van der Waals surface area contributed by atoms with Gasteiger partial charge in [-0.05, 0) is 24.6 Å². The smallest absolute Gasteiger partial charge is 0.308 e. The number of carboxylic acid groups (broad SMARTS) is 1. The molecule has 5 nitrogen and oxygen atoms in total. The van der Waals surface area contributed by atoms with Crippen LogP contribution in [0.1, 0.15) is 29.0 Å². The quantitative estimate of drug-likeness (QED) is 0.780. The Labute approximate surface area is 116 Å². The standard InChI is InChI=1S/C15H16N2O3/c1-10(15(19)20)13(11-6-3-2-4-7-11)17-14(18)12-8-5-9-16-12/h2-10,13,16H,1H3,(H,17,18)(H,19,20)/t10-,13-/m1/s1. The van der Waals surface area contributed by atoms with Crippen molar-refractivity contribution in [3.8, 4) is 0 Å². The Bertz CT molecular complexity index is 578. The number of carbonyl (C=O) groups is 2. The average Bonchev–Trinajstić information content (AvgIpc) is 2.99. The van der Waals surface area contributed by atoms with Gasteiger partial charge in [-0.2, -0.15) is 0 Å². The molecule has 2 atom stereocenters. The molecule has 20 heavy (non-hydrogen) atoms. The monoisotopic (exact) mass is 272 g/mol. The molecule has 0 spiro atoms. The second-order valence-electron chi connectivity index (χ2n) is 4.57. The Balaban J connectivity index is 2.24. The van der Waals surface area contributed by atoms with Crippen molar-refractivity contribution in [1.82, 2.24) is 10.3 Å². The van der Waals surface area contributed by atoms with Gasteiger partial charge >= 0.3 is 5.97 Å². The van der Waals surface area contributed by atoms with E-state index in [-0.39, 0.29) is 5.91 Å². The summed E-state index contributed by atoms with van der Waals surface area (Å²) in [6.07, 6.45) is 1.65. The lowest BCUT2D eigenvalue weighted by Crippen LogP contribution is -2.35. The third-order valence-corrected chi connectivity index (χ3v) is 3.18. The molecule has 3 N–H and O–H groups in total. The number of aromatic amines is 1. The first-order valence-corrected chi connectivity index (χ1v) is 6.31. The van der Waals surface area contributed by atoms with Crippen LogP contribution in [0.3, 0.4) is 0 Å². The van der Waals surface area contributed by atoms with Crippen LogP contribution in [0.4, 0.5) is 0 Å². The van der Waals surface area contributed by atoms with Crippen LogP contribution in [0.25, 0.3) is 0 Å². The summed E-state index contributed by atoms with van der Waals surface area (Å²) >= 11 is 0. The SMILES string of the molecule is C[C@@H](C(=O)O)[C@@H](NC(=O)c1ccc[nH]1)c1ccccc1. The van der Waals surface area contributed by atoms with E-state index in [1.54, 1.807) is 37.4 Å². The molecule has 2 rings (SSSR count). The lowest BCUT2D eigenvalue weighted by molar-refractivity contribution is -0.142. The van der Waals surface area contributed by atoms with Crippen LogP contribution in [-0.4, -0.2) is 22.0 Å². The number of H-pyrrole nitrogens is 1. The van der Waals surface area contributed by atoms with Crippen molar-refractivity contribution in [2.45, 2.75) is 13.0 Å². The topological polar surface area (TPSA) is 82.2 Å². The molecule has 0 saturated heterocycles. The molecule has 0 fully saturated rings. The Morgan fingerprint density at radius 1 is 1.15 bits per heavy atom. The predicted molar refractivity (Wildman–Crippen MR) is 74.2 cm³/mol. The van der Waals surface area contributed by atoms with Crippen LogP contribution in [0, 0.1) is 5.92 Å². The Kier molecular flexibility index (Phi) is 4.20. The van der Waals surface area contributed by atoms with Crippen LogP contribution >= 0.6 is 0 Å². The first kappa shape index (κ1) is 13.9. The summed E-state index contributed by atoms with van der Waals surface area (Å²) in [7, 11) is 0. The van der Waals surface area contributed by atoms with E-state index in [0.717, 1.165) is 5.56 Å². The van der Waals surface area contributed by atoms with Crippen molar-refractivity contribution in [2.24, 2.45) is 5.92 Å². The lowest BCUT2D eigenvalue weighted by atomic mass is 9.94. The van der Waals surface area contributed by atoms with Crippen LogP contribution in [0.15, 0.2) is 48.7 Å². The zero-order valence-electron chi connectivity index (χ0n) is 11.0. The molecule has 1 heterocycles. The van der Waals surface area contributed by atoms with Crippen LogP contribution in [0.5, 0.6) is 0 Å². The van der Waals surface area contributed by atoms with Gasteiger partial charge in [0.1, 0.15) is 5.69 Å². The number of aliphatic carboxylic acids is 1. The average molecular weight is 272 g/mol. The maximum absolute atomic E-state index is 12.1. The number of nitrogens with one attached hydrogen (secondary N) is 2. The van der Waals surface area contributed by atoms with Gasteiger partial charge in [-0.1, -0.05) is 30.3 Å². The number of aromatic nitrogens is 1. The van der Waals surface area contributed by atoms with Crippen molar-refractivity contribution in [2.75, 3.05) is 0 Å². The highest BCUT2D eigenvalue weighted by Crippen LogP contribution is 2.22. The fourth-order valence-corrected chi connectivity index (χ4v) is 1.99. The molecule has 0 unspecified atom stereocenters. The van der Waals surface area contributed by atoms with E-state index in [0.29, 0.717) is 5.69 Å². The molecule has 0 bridgehead atoms. The van der Waals surface area contributed by atoms with Crippen molar-refractivity contribution in [1.29, 1.82) is 0 Å². The van der Waals surface area contributed by atoms with Crippen LogP contribution in [0.2, 0.25) is 0 Å². The largest absolute Gasteiger partial charge is 0.481 e. The van der Waals surface area contributed by atoms with E-state index in [1.807, 2.05) is 18.2 Å². The third kappa shape index (κ3) is 3.06. The number of rotatable bonds is 5. The number of hydrogen-bond donors (Lipinski definition) is 3. The van der Waals surface area contributed by atoms with Gasteiger partial charge in [0.2, 0.25) is 0 Å². The number of carbonyl (C=O) groups excluding carboxylic acids is 1. The summed E-state index contributed by atoms with van der Waals surface area (Å²) < 4.78 is 0. The summed E-state index contributed by atoms with van der Waals surface area (Å²) in [6, 6.07) is 11.9. The summed E-state index contributed by atoms with van der Waals surface area (Å²) in [4.78, 5) is 26.1. The van der Waals surface area contributed by atoms with Gasteiger partial charge in [-0.15, -0.1) is 0 Å². The molecule has 2 aromatic rings. The Morgan fingerprint density at radius 3 is 2.40 bits per heavy atom. The maximum Gasteiger partial charge on any atom is 0.308 e. The van der Waals surface area contributed by atoms with E-state index < -0.39 is 17.9 Å². The number of benzene rings is 1. The molecule has 1 amide bonds. The predicted octanol–water partition coefficient (Wildman–Crippen LogP) is 2.21. The summed E-state index contributed by atoms with van der Waals surface area (Å²) in [5, 5.41) is 12.0. The highest BCUT2D eigenvalue weighted by Gasteiger charge is 2.27. The van der Waals surface area contributed by atoms with E-state index >= 15 is 0 Å². The summed E-state index contributed by atoms with van der Waals surface area (Å²) in [5.41, 5.74) is 1.17. The van der Waals surface area contributed by atoms with E-state index in [2.05, 4.69) is 10.3 Å². The maximum atomic E-state index is 12.1. The molecule has 0 saturated carbocycles. The Morgan fingerprint density at radius 2 is 1.85 bits per heavy atom. The molecular formula is C15H16N2O3. The van der Waals surface area contributed by atoms with Gasteiger partial charge < -0.3 is 15.4 Å². The normalized spacial score (nSPS) is 13.4. The highest BCUT2D eigenvalue weighted by atomic mass is 16.4. The fraction of sp³-hybridized carbons (Fsp3) is 0.200. The lowest BCUT2D eigenvalue weighted by Gasteiger charge is -2.22. The van der Waals surface area contributed by atoms with Crippen molar-refractivity contribution in [3.05, 3.63) is 59.9 Å². The molecule has 0 aliphatic heterocycles. The van der Waals surface area contributed by atoms with Crippen molar-refractivity contribution >= 4 is 11.9 Å². The molecule has 0 aliphatic carbocycles. The van der Waals surface area contributed by atoms with E-state index in [9.17, 15) is 14.7 Å². The van der Waals surface area contributed by atoms with Gasteiger partial charge in [0.05, 0.1) is 12.0 Å². The van der Waals surface area contributed by atoms with Crippen LogP contribution in [-0.2, 0) is 4.79 Å². The van der Waals surface area contributed by atoms with Gasteiger partial charge in [-0.3, -0.25) is 9.59 Å². The molecular weight excluding hydrogens is 256 g/mol. The van der Waals surface area contributed by atoms with E-state index in [1.165, 1.54) is 0 Å². The van der Waals surface area contributed by atoms with Crippen LogP contribution < -0.4 is 5.32 Å². The van der Waals surface area contributed by atoms with Gasteiger partial charge in [0, 0.05) is 6.20 Å². The van der Waals surface area contributed by atoms with Gasteiger partial charge in [-0.25, -0.2) is 0 Å². The second kappa shape index (κ2) is 6.06. The number of hydrogen-bond acceptors (Lipinski definition) is 2. The molecule has 1 aromatic heterocycles. The van der Waals surface area contributed by atoms with Gasteiger partial charge in [0.25, 0.3) is 5.91 Å². The number of amides is 1. The fourth-order valence-electron chi connectivity index (χ4n) is 1.99. The molecule has 0 aliphatic rings. The summed E-state index contributed by atoms with van der Waals surface area (Å²) in [5.74, 6) is -2.00. The minimum Gasteiger partial charge on any atom is -0.481 e. The molecule has 104 valence electrons. The first-order chi connectivity index (χ1) is 9.59. The minimum atomic E-state index is -0.953. The number of carboxylic acids is 1. The second-order valence-corrected chi connectivity index (χ2v) is 4.57. The van der Waals surface area contributed by atoms with Crippen molar-refractivity contribution < 1.29 is 14.7 Å². The van der Waals surface area contributed by atoms with Crippen molar-refractivity contribution in [3.63, 3.8) is 0 Å². The highest BCUT2D eigenvalue weighted by molar-refractivity contribution is 5.93. The molecule has 5 heteroatoms. The summed E-state index contributed by atoms with van der Waals surface area (Å²) in [6.45, 7) is 1.58. The Hall–Kier alpha value is -2.56. The first-order valence-electron chi connectivity index (χ1n) is 6.31. The van der Waals surface area contributed by atoms with E-state index in [4.69, 9.17) is 0 Å². The minimum absolute atomic E-state index is 0.322. The zero-order chi connectivity index (χ0) is 14.5. The third-order valence-electron chi connectivity index (χ3n) is 3.18. The van der Waals surface area contributed by atoms with Gasteiger partial charge in [0.15, 0.2) is 0 Å².